The first-order valence-electron chi connectivity index (χ1n) is 11.6. The van der Waals surface area contributed by atoms with Gasteiger partial charge in [0.25, 0.3) is 0 Å². The van der Waals surface area contributed by atoms with Crippen LogP contribution in [0.1, 0.15) is 74.4 Å². The molecule has 0 fully saturated rings. The van der Waals surface area contributed by atoms with E-state index in [0.717, 1.165) is 27.9 Å². The van der Waals surface area contributed by atoms with Crippen molar-refractivity contribution in [1.82, 2.24) is 4.98 Å². The van der Waals surface area contributed by atoms with Crippen LogP contribution in [0.2, 0.25) is 0 Å². The van der Waals surface area contributed by atoms with Crippen LogP contribution in [0, 0.1) is 5.82 Å². The van der Waals surface area contributed by atoms with Crippen molar-refractivity contribution in [2.75, 3.05) is 13.7 Å². The van der Waals surface area contributed by atoms with Gasteiger partial charge in [-0.2, -0.15) is 0 Å². The number of carboxylic acid groups (broad SMARTS) is 1. The van der Waals surface area contributed by atoms with E-state index < -0.39 is 24.6 Å². The van der Waals surface area contributed by atoms with Crippen molar-refractivity contribution in [2.24, 2.45) is 0 Å². The first-order valence-corrected chi connectivity index (χ1v) is 11.6. The number of methoxy groups -OCH3 is 1. The largest absolute Gasteiger partial charge is 0.550 e. The van der Waals surface area contributed by atoms with E-state index in [0.29, 0.717) is 12.1 Å². The van der Waals surface area contributed by atoms with Gasteiger partial charge < -0.3 is 30.0 Å². The molecule has 0 saturated heterocycles. The van der Waals surface area contributed by atoms with E-state index >= 15 is 0 Å². The molecule has 0 amide bonds. The number of hydrogen-bond acceptors (Lipinski definition) is 7. The summed E-state index contributed by atoms with van der Waals surface area (Å²) >= 11 is 0. The smallest absolute Gasteiger partial charge is 0.123 e. The van der Waals surface area contributed by atoms with Crippen LogP contribution >= 0.6 is 0 Å². The van der Waals surface area contributed by atoms with E-state index in [9.17, 15) is 29.6 Å². The lowest BCUT2D eigenvalue weighted by molar-refractivity contribution is -0.307. The van der Waals surface area contributed by atoms with Crippen LogP contribution in [-0.4, -0.2) is 52.2 Å². The van der Waals surface area contributed by atoms with Gasteiger partial charge in [-0.25, -0.2) is 4.39 Å². The number of pyridine rings is 1. The molecular formula is C26H35FNO6-. The summed E-state index contributed by atoms with van der Waals surface area (Å²) in [4.78, 5) is 15.6. The Morgan fingerprint density at radius 1 is 1.09 bits per heavy atom. The molecule has 2 rings (SSSR count). The maximum atomic E-state index is 13.7. The molecule has 3 N–H and O–H groups in total. The van der Waals surface area contributed by atoms with Gasteiger partial charge in [0.05, 0.1) is 31.1 Å². The molecule has 1 heterocycles. The number of aliphatic hydroxyl groups is 3. The van der Waals surface area contributed by atoms with E-state index in [1.807, 2.05) is 20.8 Å². The Bertz CT molecular complexity index is 947. The molecule has 7 nitrogen and oxygen atoms in total. The van der Waals surface area contributed by atoms with E-state index in [4.69, 9.17) is 9.72 Å². The Balaban J connectivity index is 2.60. The summed E-state index contributed by atoms with van der Waals surface area (Å²) < 4.78 is 19.2. The Kier molecular flexibility index (Phi) is 10.6. The zero-order chi connectivity index (χ0) is 25.4. The van der Waals surface area contributed by atoms with Gasteiger partial charge in [-0.3, -0.25) is 4.98 Å². The number of carbonyl (C=O) groups excluding carboxylic acids is 1. The molecule has 1 aromatic carbocycles. The minimum atomic E-state index is -1.37. The van der Waals surface area contributed by atoms with Crippen LogP contribution in [0.4, 0.5) is 4.39 Å². The Morgan fingerprint density at radius 3 is 2.26 bits per heavy atom. The van der Waals surface area contributed by atoms with Crippen molar-refractivity contribution < 1.29 is 34.3 Å². The molecule has 0 aliphatic rings. The molecule has 0 radical (unpaired) electrons. The number of nitrogens with zero attached hydrogens (tertiary/aromatic N) is 1. The predicted octanol–water partition coefficient (Wildman–Crippen LogP) is 2.44. The van der Waals surface area contributed by atoms with Crippen molar-refractivity contribution in [3.8, 4) is 11.1 Å². The maximum absolute atomic E-state index is 13.7. The summed E-state index contributed by atoms with van der Waals surface area (Å²) in [5, 5.41) is 40.9. The minimum absolute atomic E-state index is 0.0243. The zero-order valence-electron chi connectivity index (χ0n) is 20.3. The van der Waals surface area contributed by atoms with Gasteiger partial charge in [-0.15, -0.1) is 0 Å². The Labute approximate surface area is 200 Å². The number of carboxylic acids is 1. The molecule has 0 aliphatic heterocycles. The fourth-order valence-electron chi connectivity index (χ4n) is 4.20. The molecule has 8 heteroatoms. The molecule has 1 aromatic heterocycles. The molecule has 1 unspecified atom stereocenters. The van der Waals surface area contributed by atoms with Gasteiger partial charge in [0.15, 0.2) is 0 Å². The first kappa shape index (κ1) is 27.9. The molecule has 3 atom stereocenters. The molecule has 0 aliphatic carbocycles. The Morgan fingerprint density at radius 2 is 1.74 bits per heavy atom. The summed E-state index contributed by atoms with van der Waals surface area (Å²) in [6.07, 6.45) is -2.09. The first-order chi connectivity index (χ1) is 16.1. The lowest BCUT2D eigenvalue weighted by Crippen LogP contribution is -2.29. The van der Waals surface area contributed by atoms with E-state index in [2.05, 4.69) is 0 Å². The van der Waals surface area contributed by atoms with Crippen LogP contribution < -0.4 is 5.11 Å². The second-order valence-electron chi connectivity index (χ2n) is 9.05. The number of rotatable bonds is 13. The van der Waals surface area contributed by atoms with Gasteiger partial charge in [0.1, 0.15) is 5.82 Å². The number of aliphatic carboxylic acids is 1. The van der Waals surface area contributed by atoms with E-state index in [1.54, 1.807) is 19.2 Å². The number of aromatic nitrogens is 1. The van der Waals surface area contributed by atoms with Crippen LogP contribution in [0.15, 0.2) is 24.3 Å². The van der Waals surface area contributed by atoms with Crippen molar-refractivity contribution in [2.45, 2.75) is 77.1 Å². The molecule has 0 bridgehead atoms. The molecular weight excluding hydrogens is 441 g/mol. The van der Waals surface area contributed by atoms with Gasteiger partial charge in [0.2, 0.25) is 0 Å². The van der Waals surface area contributed by atoms with Crippen LogP contribution in [0.25, 0.3) is 11.1 Å². The van der Waals surface area contributed by atoms with E-state index in [1.165, 1.54) is 12.1 Å². The lowest BCUT2D eigenvalue weighted by atomic mass is 9.85. The van der Waals surface area contributed by atoms with Crippen molar-refractivity contribution in [3.05, 3.63) is 52.6 Å². The van der Waals surface area contributed by atoms with Gasteiger partial charge in [-0.05, 0) is 54.0 Å². The number of benzene rings is 1. The average Bonchev–Trinajstić information content (AvgIpc) is 2.77. The third-order valence-corrected chi connectivity index (χ3v) is 5.85. The zero-order valence-corrected chi connectivity index (χ0v) is 20.3. The highest BCUT2D eigenvalue weighted by molar-refractivity contribution is 5.73. The highest BCUT2D eigenvalue weighted by atomic mass is 19.1. The third kappa shape index (κ3) is 7.30. The van der Waals surface area contributed by atoms with Crippen LogP contribution in [0.5, 0.6) is 0 Å². The molecule has 188 valence electrons. The molecule has 0 spiro atoms. The average molecular weight is 477 g/mol. The SMILES string of the molecule is COCc1c(C(C)CO)nc(C(C)C)c(CC[C@@H](O)C[C@@H](O)CC(=O)[O-])c1-c1ccc(F)cc1. The minimum Gasteiger partial charge on any atom is -0.550 e. The second-order valence-corrected chi connectivity index (χ2v) is 9.05. The van der Waals surface area contributed by atoms with Crippen molar-refractivity contribution in [1.29, 1.82) is 0 Å². The van der Waals surface area contributed by atoms with Crippen molar-refractivity contribution in [3.63, 3.8) is 0 Å². The molecule has 2 aromatic rings. The standard InChI is InChI=1S/C26H36FNO6/c1-15(2)25-21(10-9-19(30)11-20(31)12-23(32)33)24(17-5-7-18(27)8-6-17)22(14-34-4)26(28-25)16(3)13-29/h5-8,15-16,19-20,29-31H,9-14H2,1-4H3,(H,32,33)/p-1/t16?,19-,20-/m1/s1. The summed E-state index contributed by atoms with van der Waals surface area (Å²) in [5.74, 6) is -1.96. The molecule has 0 saturated carbocycles. The summed E-state index contributed by atoms with van der Waals surface area (Å²) in [6, 6.07) is 6.13. The highest BCUT2D eigenvalue weighted by Gasteiger charge is 2.25. The number of aliphatic hydroxyl groups excluding tert-OH is 3. The maximum Gasteiger partial charge on any atom is 0.123 e. The van der Waals surface area contributed by atoms with Crippen molar-refractivity contribution >= 4 is 5.97 Å². The quantitative estimate of drug-likeness (QED) is 0.406. The number of carbonyl (C=O) groups is 1. The normalized spacial score (nSPS) is 14.3. The van der Waals surface area contributed by atoms with Gasteiger partial charge >= 0.3 is 0 Å². The van der Waals surface area contributed by atoms with E-state index in [-0.39, 0.29) is 43.7 Å². The fourth-order valence-corrected chi connectivity index (χ4v) is 4.20. The van der Waals surface area contributed by atoms with Gasteiger partial charge in [-0.1, -0.05) is 32.9 Å². The second kappa shape index (κ2) is 12.9. The molecule has 34 heavy (non-hydrogen) atoms. The lowest BCUT2D eigenvalue weighted by Gasteiger charge is -2.26. The fraction of sp³-hybridized carbons (Fsp3) is 0.538. The van der Waals surface area contributed by atoms with Crippen LogP contribution in [-0.2, 0) is 22.6 Å². The summed E-state index contributed by atoms with van der Waals surface area (Å²) in [7, 11) is 1.57. The summed E-state index contributed by atoms with van der Waals surface area (Å²) in [6.45, 7) is 6.02. The predicted molar refractivity (Wildman–Crippen MR) is 125 cm³/mol. The number of ether oxygens (including phenoxy) is 1. The Hall–Kier alpha value is -2.39. The van der Waals surface area contributed by atoms with Crippen LogP contribution in [0.3, 0.4) is 0 Å². The monoisotopic (exact) mass is 476 g/mol. The third-order valence-electron chi connectivity index (χ3n) is 5.85. The number of hydrogen-bond donors (Lipinski definition) is 3. The topological polar surface area (TPSA) is 123 Å². The van der Waals surface area contributed by atoms with Gasteiger partial charge in [0, 0.05) is 36.7 Å². The number of halogens is 1. The highest BCUT2D eigenvalue weighted by Crippen LogP contribution is 2.38. The summed E-state index contributed by atoms with van der Waals surface area (Å²) in [5.41, 5.74) is 4.78.